The molecule has 172 valence electrons. The summed E-state index contributed by atoms with van der Waals surface area (Å²) in [6.07, 6.45) is 1.74. The summed E-state index contributed by atoms with van der Waals surface area (Å²) in [6, 6.07) is 15.3. The molecule has 0 saturated carbocycles. The van der Waals surface area contributed by atoms with Gasteiger partial charge in [-0.25, -0.2) is 0 Å². The molecule has 33 heavy (non-hydrogen) atoms. The molecule has 0 spiro atoms. The number of ether oxygens (including phenoxy) is 1. The Morgan fingerprint density at radius 1 is 1.24 bits per heavy atom. The van der Waals surface area contributed by atoms with Gasteiger partial charge in [0.25, 0.3) is 5.91 Å². The maximum atomic E-state index is 13.2. The Morgan fingerprint density at radius 3 is 2.52 bits per heavy atom. The predicted molar refractivity (Wildman–Crippen MR) is 128 cm³/mol. The zero-order valence-electron chi connectivity index (χ0n) is 19.1. The molecule has 0 bridgehead atoms. The van der Waals surface area contributed by atoms with Crippen molar-refractivity contribution < 1.29 is 14.6 Å². The third-order valence-corrected chi connectivity index (χ3v) is 6.15. The summed E-state index contributed by atoms with van der Waals surface area (Å²) < 4.78 is 5.17. The highest BCUT2D eigenvalue weighted by atomic mass is 16.5. The van der Waals surface area contributed by atoms with Crippen molar-refractivity contribution in [1.29, 1.82) is 10.7 Å². The maximum absolute atomic E-state index is 13.2. The van der Waals surface area contributed by atoms with E-state index in [9.17, 15) is 4.79 Å². The molecule has 0 radical (unpaired) electrons. The molecule has 2 aromatic rings. The zero-order valence-corrected chi connectivity index (χ0v) is 19.1. The molecule has 7 heteroatoms. The van der Waals surface area contributed by atoms with Gasteiger partial charge >= 0.3 is 0 Å². The third kappa shape index (κ3) is 5.60. The standard InChI is InChI=1S/C26H30N4O3/c1-17-3-6-22(15-23(17)24(28)18(2)25(29)33-14-13-31)26(32)30-11-9-21(10-12-30)20-7-4-19(16-27)5-8-20/h3-8,15,21,29,31H,9-14,28H2,1-2H3. The van der Waals surface area contributed by atoms with Crippen LogP contribution in [0.2, 0.25) is 0 Å². The van der Waals surface area contributed by atoms with Crippen LogP contribution in [0, 0.1) is 23.7 Å². The SMILES string of the molecule is CC(C(=N)OCCO)=C(N)c1cc(C(=O)N2CCC(c3ccc(C#N)cc3)CC2)ccc1C. The van der Waals surface area contributed by atoms with E-state index in [-0.39, 0.29) is 25.0 Å². The average molecular weight is 447 g/mol. The molecule has 1 amide bonds. The van der Waals surface area contributed by atoms with Crippen LogP contribution in [-0.4, -0.2) is 48.1 Å². The first-order chi connectivity index (χ1) is 15.8. The minimum atomic E-state index is -0.180. The van der Waals surface area contributed by atoms with E-state index in [1.165, 1.54) is 5.56 Å². The molecule has 1 aliphatic heterocycles. The fourth-order valence-electron chi connectivity index (χ4n) is 4.05. The Hall–Kier alpha value is -3.63. The molecule has 0 aliphatic carbocycles. The highest BCUT2D eigenvalue weighted by molar-refractivity contribution is 6.00. The van der Waals surface area contributed by atoms with Crippen molar-refractivity contribution in [3.63, 3.8) is 0 Å². The van der Waals surface area contributed by atoms with Gasteiger partial charge in [-0.05, 0) is 68.0 Å². The maximum Gasteiger partial charge on any atom is 0.253 e. The summed E-state index contributed by atoms with van der Waals surface area (Å²) in [6.45, 7) is 4.77. The van der Waals surface area contributed by atoms with Crippen molar-refractivity contribution >= 4 is 17.5 Å². The number of aliphatic hydroxyl groups excluding tert-OH is 1. The van der Waals surface area contributed by atoms with Crippen LogP contribution in [0.4, 0.5) is 0 Å². The van der Waals surface area contributed by atoms with E-state index in [0.717, 1.165) is 18.4 Å². The second-order valence-corrected chi connectivity index (χ2v) is 8.27. The van der Waals surface area contributed by atoms with Crippen molar-refractivity contribution in [2.45, 2.75) is 32.6 Å². The largest absolute Gasteiger partial charge is 0.475 e. The summed E-state index contributed by atoms with van der Waals surface area (Å²) in [5.74, 6) is 0.246. The van der Waals surface area contributed by atoms with Gasteiger partial charge < -0.3 is 20.5 Å². The summed E-state index contributed by atoms with van der Waals surface area (Å²) in [4.78, 5) is 15.1. The molecule has 1 saturated heterocycles. The Bertz CT molecular complexity index is 1090. The van der Waals surface area contributed by atoms with E-state index in [4.69, 9.17) is 26.2 Å². The first-order valence-corrected chi connectivity index (χ1v) is 11.0. The lowest BCUT2D eigenvalue weighted by atomic mass is 9.88. The number of carbonyl (C=O) groups excluding carboxylic acids is 1. The number of nitrogens with two attached hydrogens (primary N) is 1. The van der Waals surface area contributed by atoms with E-state index in [1.54, 1.807) is 13.0 Å². The normalized spacial score (nSPS) is 14.9. The van der Waals surface area contributed by atoms with Gasteiger partial charge in [0.2, 0.25) is 5.90 Å². The van der Waals surface area contributed by atoms with Crippen LogP contribution in [0.25, 0.3) is 5.70 Å². The number of nitriles is 1. The van der Waals surface area contributed by atoms with Gasteiger partial charge in [-0.15, -0.1) is 0 Å². The number of nitrogens with zero attached hydrogens (tertiary/aromatic N) is 2. The van der Waals surface area contributed by atoms with Crippen molar-refractivity contribution in [2.75, 3.05) is 26.3 Å². The van der Waals surface area contributed by atoms with Crippen LogP contribution >= 0.6 is 0 Å². The van der Waals surface area contributed by atoms with Gasteiger partial charge in [-0.2, -0.15) is 5.26 Å². The highest BCUT2D eigenvalue weighted by Gasteiger charge is 2.25. The lowest BCUT2D eigenvalue weighted by Gasteiger charge is -2.32. The Labute approximate surface area is 194 Å². The Kier molecular flexibility index (Phi) is 7.86. The van der Waals surface area contributed by atoms with Crippen LogP contribution in [-0.2, 0) is 4.74 Å². The molecular formula is C26H30N4O3. The number of amides is 1. The smallest absolute Gasteiger partial charge is 0.253 e. The molecule has 3 rings (SSSR count). The van der Waals surface area contributed by atoms with Crippen LogP contribution < -0.4 is 5.73 Å². The van der Waals surface area contributed by atoms with E-state index in [0.29, 0.717) is 47.0 Å². The number of piperidine rings is 1. The molecular weight excluding hydrogens is 416 g/mol. The number of hydrogen-bond donors (Lipinski definition) is 3. The molecule has 2 aromatic carbocycles. The number of benzene rings is 2. The predicted octanol–water partition coefficient (Wildman–Crippen LogP) is 3.56. The van der Waals surface area contributed by atoms with Crippen LogP contribution in [0.1, 0.15) is 58.3 Å². The lowest BCUT2D eigenvalue weighted by Crippen LogP contribution is -2.38. The molecule has 0 aromatic heterocycles. The Morgan fingerprint density at radius 2 is 1.91 bits per heavy atom. The average Bonchev–Trinajstić information content (AvgIpc) is 2.86. The van der Waals surface area contributed by atoms with E-state index in [1.807, 2.05) is 48.2 Å². The van der Waals surface area contributed by atoms with E-state index < -0.39 is 0 Å². The summed E-state index contributed by atoms with van der Waals surface area (Å²) in [5, 5.41) is 25.9. The van der Waals surface area contributed by atoms with Gasteiger partial charge in [0.05, 0.1) is 18.2 Å². The number of aryl methyl sites for hydroxylation is 1. The molecule has 0 unspecified atom stereocenters. The minimum absolute atomic E-state index is 0.0272. The monoisotopic (exact) mass is 446 g/mol. The second-order valence-electron chi connectivity index (χ2n) is 8.27. The first-order valence-electron chi connectivity index (χ1n) is 11.0. The van der Waals surface area contributed by atoms with Gasteiger partial charge in [0.15, 0.2) is 0 Å². The van der Waals surface area contributed by atoms with Crippen molar-refractivity contribution in [3.05, 3.63) is 75.9 Å². The van der Waals surface area contributed by atoms with Gasteiger partial charge in [-0.1, -0.05) is 18.2 Å². The van der Waals surface area contributed by atoms with Crippen LogP contribution in [0.5, 0.6) is 0 Å². The lowest BCUT2D eigenvalue weighted by molar-refractivity contribution is 0.0713. The fourth-order valence-corrected chi connectivity index (χ4v) is 4.05. The number of nitrogens with one attached hydrogen (secondary N) is 1. The number of aliphatic hydroxyl groups is 1. The fraction of sp³-hybridized carbons (Fsp3) is 0.346. The number of rotatable bonds is 6. The quantitative estimate of drug-likeness (QED) is 0.462. The second kappa shape index (κ2) is 10.8. The van der Waals surface area contributed by atoms with Crippen LogP contribution in [0.3, 0.4) is 0 Å². The van der Waals surface area contributed by atoms with Crippen LogP contribution in [0.15, 0.2) is 48.0 Å². The number of hydrogen-bond acceptors (Lipinski definition) is 6. The minimum Gasteiger partial charge on any atom is -0.475 e. The van der Waals surface area contributed by atoms with Crippen molar-refractivity contribution in [2.24, 2.45) is 5.73 Å². The van der Waals surface area contributed by atoms with E-state index in [2.05, 4.69) is 6.07 Å². The summed E-state index contributed by atoms with van der Waals surface area (Å²) in [7, 11) is 0. The third-order valence-electron chi connectivity index (χ3n) is 6.15. The molecule has 1 heterocycles. The first kappa shape index (κ1) is 24.0. The highest BCUT2D eigenvalue weighted by Crippen LogP contribution is 2.29. The van der Waals surface area contributed by atoms with Crippen molar-refractivity contribution in [3.8, 4) is 6.07 Å². The molecule has 1 fully saturated rings. The summed E-state index contributed by atoms with van der Waals surface area (Å²) in [5.41, 5.74) is 11.2. The topological polar surface area (TPSA) is 123 Å². The van der Waals surface area contributed by atoms with Gasteiger partial charge in [-0.3, -0.25) is 10.2 Å². The van der Waals surface area contributed by atoms with Gasteiger partial charge in [0, 0.05) is 35.5 Å². The number of carbonyl (C=O) groups is 1. The molecule has 0 atom stereocenters. The molecule has 7 nitrogen and oxygen atoms in total. The van der Waals surface area contributed by atoms with Gasteiger partial charge in [0.1, 0.15) is 6.61 Å². The summed E-state index contributed by atoms with van der Waals surface area (Å²) >= 11 is 0. The zero-order chi connectivity index (χ0) is 24.0. The van der Waals surface area contributed by atoms with Crippen molar-refractivity contribution in [1.82, 2.24) is 4.90 Å². The Balaban J connectivity index is 1.72. The molecule has 1 aliphatic rings. The molecule has 4 N–H and O–H groups in total. The number of likely N-dealkylation sites (tertiary alicyclic amines) is 1. The van der Waals surface area contributed by atoms with E-state index >= 15 is 0 Å².